The van der Waals surface area contributed by atoms with E-state index < -0.39 is 23.4 Å². The topological polar surface area (TPSA) is 39.2 Å². The molecule has 92 valence electrons. The zero-order valence-electron chi connectivity index (χ0n) is 8.83. The maximum absolute atomic E-state index is 12.6. The summed E-state index contributed by atoms with van der Waals surface area (Å²) >= 11 is 0. The molecule has 0 bridgehead atoms. The zero-order valence-corrected chi connectivity index (χ0v) is 8.83. The van der Waals surface area contributed by atoms with Gasteiger partial charge in [-0.15, -0.1) is 0 Å². The minimum Gasteiger partial charge on any atom is -0.458 e. The van der Waals surface area contributed by atoms with E-state index in [1.165, 1.54) is 0 Å². The Kier molecular flexibility index (Phi) is 3.04. The van der Waals surface area contributed by atoms with E-state index in [4.69, 9.17) is 4.74 Å². The second-order valence-electron chi connectivity index (χ2n) is 3.86. The van der Waals surface area contributed by atoms with Gasteiger partial charge < -0.3 is 4.74 Å². The van der Waals surface area contributed by atoms with Crippen LogP contribution in [0.15, 0.2) is 18.3 Å². The lowest BCUT2D eigenvalue weighted by molar-refractivity contribution is -0.138. The molecular weight excluding hydrogens is 235 g/mol. The molecule has 0 spiro atoms. The molecular formula is C11H10F3NO2. The summed E-state index contributed by atoms with van der Waals surface area (Å²) in [6.45, 7) is 0. The number of hydrogen-bond donors (Lipinski definition) is 0. The summed E-state index contributed by atoms with van der Waals surface area (Å²) in [6.07, 6.45) is -1.35. The molecule has 1 saturated carbocycles. The van der Waals surface area contributed by atoms with Crippen LogP contribution in [-0.2, 0) is 10.9 Å². The molecule has 1 aliphatic rings. The highest BCUT2D eigenvalue weighted by atomic mass is 19.4. The smallest absolute Gasteiger partial charge is 0.418 e. The summed E-state index contributed by atoms with van der Waals surface area (Å²) in [7, 11) is 0. The number of esters is 1. The van der Waals surface area contributed by atoms with Crippen LogP contribution in [-0.4, -0.2) is 17.1 Å². The number of carbonyl (C=O) groups is 1. The molecule has 0 aromatic carbocycles. The van der Waals surface area contributed by atoms with Crippen molar-refractivity contribution in [2.45, 2.75) is 31.5 Å². The molecule has 1 aromatic rings. The first-order valence-corrected chi connectivity index (χ1v) is 5.21. The van der Waals surface area contributed by atoms with Crippen LogP contribution in [0, 0.1) is 0 Å². The van der Waals surface area contributed by atoms with E-state index in [9.17, 15) is 18.0 Å². The Morgan fingerprint density at radius 3 is 2.65 bits per heavy atom. The Balaban J connectivity index is 2.21. The first-order valence-electron chi connectivity index (χ1n) is 5.21. The Hall–Kier alpha value is -1.59. The van der Waals surface area contributed by atoms with Gasteiger partial charge in [0.1, 0.15) is 6.10 Å². The fourth-order valence-electron chi connectivity index (χ4n) is 1.49. The zero-order chi connectivity index (χ0) is 12.5. The van der Waals surface area contributed by atoms with Gasteiger partial charge in [-0.2, -0.15) is 13.2 Å². The SMILES string of the molecule is O=C(OC1CCC1)c1ncccc1C(F)(F)F. The monoisotopic (exact) mass is 245 g/mol. The standard InChI is InChI=1S/C11H10F3NO2/c12-11(13,14)8-5-2-6-15-9(8)10(16)17-7-3-1-4-7/h2,5-7H,1,3-4H2. The van der Waals surface area contributed by atoms with Crippen LogP contribution in [0.2, 0.25) is 0 Å². The fourth-order valence-corrected chi connectivity index (χ4v) is 1.49. The van der Waals surface area contributed by atoms with Crippen LogP contribution in [0.1, 0.15) is 35.3 Å². The van der Waals surface area contributed by atoms with E-state index >= 15 is 0 Å². The summed E-state index contributed by atoms with van der Waals surface area (Å²) in [5.41, 5.74) is -1.71. The van der Waals surface area contributed by atoms with Crippen LogP contribution in [0.5, 0.6) is 0 Å². The van der Waals surface area contributed by atoms with E-state index in [-0.39, 0.29) is 6.10 Å². The number of alkyl halides is 3. The van der Waals surface area contributed by atoms with Gasteiger partial charge in [0, 0.05) is 6.20 Å². The average Bonchev–Trinajstić information content (AvgIpc) is 2.22. The van der Waals surface area contributed by atoms with Crippen molar-refractivity contribution in [1.82, 2.24) is 4.98 Å². The Morgan fingerprint density at radius 1 is 1.41 bits per heavy atom. The minimum absolute atomic E-state index is 0.259. The number of carbonyl (C=O) groups excluding carboxylic acids is 1. The maximum atomic E-state index is 12.6. The van der Waals surface area contributed by atoms with E-state index in [2.05, 4.69) is 4.98 Å². The molecule has 0 aliphatic heterocycles. The minimum atomic E-state index is -4.60. The van der Waals surface area contributed by atoms with E-state index in [1.807, 2.05) is 0 Å². The first-order chi connectivity index (χ1) is 7.98. The van der Waals surface area contributed by atoms with Gasteiger partial charge in [-0.25, -0.2) is 9.78 Å². The van der Waals surface area contributed by atoms with Gasteiger partial charge in [-0.1, -0.05) is 0 Å². The lowest BCUT2D eigenvalue weighted by Crippen LogP contribution is -2.27. The first kappa shape index (κ1) is 11.9. The number of aromatic nitrogens is 1. The third-order valence-corrected chi connectivity index (χ3v) is 2.63. The highest BCUT2D eigenvalue weighted by Gasteiger charge is 2.37. The highest BCUT2D eigenvalue weighted by molar-refractivity contribution is 5.89. The van der Waals surface area contributed by atoms with Crippen molar-refractivity contribution in [3.63, 3.8) is 0 Å². The van der Waals surface area contributed by atoms with Crippen LogP contribution >= 0.6 is 0 Å². The largest absolute Gasteiger partial charge is 0.458 e. The maximum Gasteiger partial charge on any atom is 0.418 e. The number of rotatable bonds is 2. The summed E-state index contributed by atoms with van der Waals surface area (Å²) in [6, 6.07) is 1.97. The molecule has 17 heavy (non-hydrogen) atoms. The highest BCUT2D eigenvalue weighted by Crippen LogP contribution is 2.32. The summed E-state index contributed by atoms with van der Waals surface area (Å²) < 4.78 is 42.7. The molecule has 2 rings (SSSR count). The predicted molar refractivity (Wildman–Crippen MR) is 52.3 cm³/mol. The van der Waals surface area contributed by atoms with Gasteiger partial charge in [0.15, 0.2) is 5.69 Å². The molecule has 1 aromatic heterocycles. The second-order valence-corrected chi connectivity index (χ2v) is 3.86. The lowest BCUT2D eigenvalue weighted by atomic mass is 9.96. The molecule has 0 unspecified atom stereocenters. The van der Waals surface area contributed by atoms with E-state index in [0.29, 0.717) is 12.8 Å². The number of nitrogens with zero attached hydrogens (tertiary/aromatic N) is 1. The number of hydrogen-bond acceptors (Lipinski definition) is 3. The fraction of sp³-hybridized carbons (Fsp3) is 0.455. The molecule has 1 heterocycles. The van der Waals surface area contributed by atoms with Crippen molar-refractivity contribution < 1.29 is 22.7 Å². The van der Waals surface area contributed by atoms with Gasteiger partial charge in [-0.3, -0.25) is 0 Å². The van der Waals surface area contributed by atoms with Crippen molar-refractivity contribution in [3.8, 4) is 0 Å². The summed E-state index contributed by atoms with van der Waals surface area (Å²) in [5.74, 6) is -0.998. The molecule has 3 nitrogen and oxygen atoms in total. The second kappa shape index (κ2) is 4.35. The third kappa shape index (κ3) is 2.57. The molecule has 0 saturated heterocycles. The molecule has 6 heteroatoms. The molecule has 0 amide bonds. The molecule has 0 radical (unpaired) electrons. The van der Waals surface area contributed by atoms with Crippen LogP contribution in [0.4, 0.5) is 13.2 Å². The van der Waals surface area contributed by atoms with Crippen molar-refractivity contribution in [2.75, 3.05) is 0 Å². The number of ether oxygens (including phenoxy) is 1. The van der Waals surface area contributed by atoms with Gasteiger partial charge in [0.25, 0.3) is 0 Å². The van der Waals surface area contributed by atoms with Gasteiger partial charge in [-0.05, 0) is 31.4 Å². The Bertz CT molecular complexity index is 427. The number of halogens is 3. The van der Waals surface area contributed by atoms with Crippen LogP contribution < -0.4 is 0 Å². The van der Waals surface area contributed by atoms with Gasteiger partial charge >= 0.3 is 12.1 Å². The molecule has 0 N–H and O–H groups in total. The van der Waals surface area contributed by atoms with Crippen LogP contribution in [0.25, 0.3) is 0 Å². The van der Waals surface area contributed by atoms with Crippen molar-refractivity contribution in [1.29, 1.82) is 0 Å². The van der Waals surface area contributed by atoms with E-state index in [1.54, 1.807) is 0 Å². The third-order valence-electron chi connectivity index (χ3n) is 2.63. The molecule has 1 aliphatic carbocycles. The Morgan fingerprint density at radius 2 is 2.12 bits per heavy atom. The Labute approximate surface area is 95.6 Å². The summed E-state index contributed by atoms with van der Waals surface area (Å²) in [5, 5.41) is 0. The quantitative estimate of drug-likeness (QED) is 0.752. The van der Waals surface area contributed by atoms with Crippen LogP contribution in [0.3, 0.4) is 0 Å². The van der Waals surface area contributed by atoms with Crippen molar-refractivity contribution in [3.05, 3.63) is 29.6 Å². The lowest BCUT2D eigenvalue weighted by Gasteiger charge is -2.25. The van der Waals surface area contributed by atoms with Gasteiger partial charge in [0.05, 0.1) is 5.56 Å². The normalized spacial score (nSPS) is 16.4. The summed E-state index contributed by atoms with van der Waals surface area (Å²) in [4.78, 5) is 15.0. The average molecular weight is 245 g/mol. The van der Waals surface area contributed by atoms with Crippen molar-refractivity contribution >= 4 is 5.97 Å². The van der Waals surface area contributed by atoms with Crippen molar-refractivity contribution in [2.24, 2.45) is 0 Å². The van der Waals surface area contributed by atoms with Gasteiger partial charge in [0.2, 0.25) is 0 Å². The molecule has 0 atom stereocenters. The molecule has 1 fully saturated rings. The van der Waals surface area contributed by atoms with E-state index in [0.717, 1.165) is 24.8 Å². The number of pyridine rings is 1. The predicted octanol–water partition coefficient (Wildman–Crippen LogP) is 2.81.